The van der Waals surface area contributed by atoms with Crippen molar-refractivity contribution >= 4 is 15.9 Å². The number of aliphatic hydroxyl groups excluding tert-OH is 1. The second-order valence-electron chi connectivity index (χ2n) is 4.24. The molecular weight excluding hydrogens is 268 g/mol. The van der Waals surface area contributed by atoms with Crippen LogP contribution in [0.15, 0.2) is 29.2 Å². The molecule has 1 aromatic rings. The van der Waals surface area contributed by atoms with Gasteiger partial charge in [-0.15, -0.1) is 0 Å². The summed E-state index contributed by atoms with van der Waals surface area (Å²) in [4.78, 5) is 11.4. The summed E-state index contributed by atoms with van der Waals surface area (Å²) in [5.41, 5.74) is 0.394. The second-order valence-corrected chi connectivity index (χ2v) is 6.01. The standard InChI is InChI=1S/C12H18N2O4S/c1-9(8-15)7-14-19(17,18)11-5-3-10(4-6-11)12(16)13-2/h3-6,9,14-15H,7-8H2,1-2H3,(H,13,16). The van der Waals surface area contributed by atoms with E-state index in [2.05, 4.69) is 10.0 Å². The van der Waals surface area contributed by atoms with Gasteiger partial charge in [0.2, 0.25) is 10.0 Å². The van der Waals surface area contributed by atoms with Gasteiger partial charge in [0.25, 0.3) is 5.91 Å². The Kier molecular flexibility index (Phi) is 5.46. The Morgan fingerprint density at radius 1 is 1.32 bits per heavy atom. The van der Waals surface area contributed by atoms with Gasteiger partial charge in [-0.2, -0.15) is 0 Å². The van der Waals surface area contributed by atoms with Gasteiger partial charge < -0.3 is 10.4 Å². The lowest BCUT2D eigenvalue weighted by Crippen LogP contribution is -2.29. The number of sulfonamides is 1. The van der Waals surface area contributed by atoms with Crippen molar-refractivity contribution in [3.8, 4) is 0 Å². The minimum absolute atomic E-state index is 0.0852. The average molecular weight is 286 g/mol. The fourth-order valence-electron chi connectivity index (χ4n) is 1.33. The van der Waals surface area contributed by atoms with Crippen molar-refractivity contribution in [2.45, 2.75) is 11.8 Å². The maximum absolute atomic E-state index is 11.9. The summed E-state index contributed by atoms with van der Waals surface area (Å²) in [6, 6.07) is 5.64. The van der Waals surface area contributed by atoms with Gasteiger partial charge in [-0.3, -0.25) is 4.79 Å². The van der Waals surface area contributed by atoms with Crippen LogP contribution < -0.4 is 10.0 Å². The zero-order valence-electron chi connectivity index (χ0n) is 10.9. The van der Waals surface area contributed by atoms with Crippen LogP contribution >= 0.6 is 0 Å². The molecule has 1 rings (SSSR count). The summed E-state index contributed by atoms with van der Waals surface area (Å²) < 4.78 is 26.2. The number of aliphatic hydroxyl groups is 1. The molecule has 0 heterocycles. The molecule has 0 saturated heterocycles. The highest BCUT2D eigenvalue weighted by atomic mass is 32.2. The maximum atomic E-state index is 11.9. The molecule has 6 nitrogen and oxygen atoms in total. The van der Waals surface area contributed by atoms with E-state index in [4.69, 9.17) is 5.11 Å². The number of hydrogen-bond acceptors (Lipinski definition) is 4. The number of hydrogen-bond donors (Lipinski definition) is 3. The van der Waals surface area contributed by atoms with E-state index in [1.165, 1.54) is 31.3 Å². The van der Waals surface area contributed by atoms with E-state index in [0.717, 1.165) is 0 Å². The van der Waals surface area contributed by atoms with Crippen LogP contribution in [0, 0.1) is 5.92 Å². The van der Waals surface area contributed by atoms with Crippen LogP contribution in [0.3, 0.4) is 0 Å². The van der Waals surface area contributed by atoms with E-state index in [0.29, 0.717) is 5.56 Å². The van der Waals surface area contributed by atoms with Crippen LogP contribution in [0.25, 0.3) is 0 Å². The molecule has 1 unspecified atom stereocenters. The lowest BCUT2D eigenvalue weighted by molar-refractivity contribution is 0.0963. The molecule has 1 atom stereocenters. The van der Waals surface area contributed by atoms with Gasteiger partial charge in [0, 0.05) is 25.8 Å². The molecule has 0 aromatic heterocycles. The quantitative estimate of drug-likeness (QED) is 0.683. The lowest BCUT2D eigenvalue weighted by atomic mass is 10.2. The number of nitrogens with one attached hydrogen (secondary N) is 2. The third kappa shape index (κ3) is 4.30. The van der Waals surface area contributed by atoms with E-state index >= 15 is 0 Å². The van der Waals surface area contributed by atoms with Gasteiger partial charge in [-0.1, -0.05) is 6.92 Å². The summed E-state index contributed by atoms with van der Waals surface area (Å²) >= 11 is 0. The van der Waals surface area contributed by atoms with Gasteiger partial charge in [0.15, 0.2) is 0 Å². The van der Waals surface area contributed by atoms with Crippen LogP contribution in [0.2, 0.25) is 0 Å². The normalized spacial score (nSPS) is 13.0. The monoisotopic (exact) mass is 286 g/mol. The molecule has 0 saturated carbocycles. The van der Waals surface area contributed by atoms with Crippen molar-refractivity contribution in [3.05, 3.63) is 29.8 Å². The molecule has 0 spiro atoms. The molecule has 0 radical (unpaired) electrons. The third-order valence-electron chi connectivity index (χ3n) is 2.59. The molecule has 0 aliphatic heterocycles. The zero-order valence-corrected chi connectivity index (χ0v) is 11.7. The van der Waals surface area contributed by atoms with Crippen LogP contribution in [0.1, 0.15) is 17.3 Å². The van der Waals surface area contributed by atoms with E-state index in [-0.39, 0.29) is 29.9 Å². The minimum atomic E-state index is -3.61. The summed E-state index contributed by atoms with van der Waals surface area (Å²) in [5.74, 6) is -0.425. The van der Waals surface area contributed by atoms with Crippen molar-refractivity contribution < 1.29 is 18.3 Å². The van der Waals surface area contributed by atoms with E-state index < -0.39 is 10.0 Å². The van der Waals surface area contributed by atoms with Crippen molar-refractivity contribution in [1.29, 1.82) is 0 Å². The largest absolute Gasteiger partial charge is 0.396 e. The second kappa shape index (κ2) is 6.65. The Morgan fingerprint density at radius 2 is 1.89 bits per heavy atom. The Labute approximate surface area is 112 Å². The van der Waals surface area contributed by atoms with Crippen molar-refractivity contribution in [3.63, 3.8) is 0 Å². The van der Waals surface area contributed by atoms with Gasteiger partial charge in [-0.25, -0.2) is 13.1 Å². The van der Waals surface area contributed by atoms with Crippen molar-refractivity contribution in [1.82, 2.24) is 10.0 Å². The number of benzene rings is 1. The minimum Gasteiger partial charge on any atom is -0.396 e. The maximum Gasteiger partial charge on any atom is 0.251 e. The zero-order chi connectivity index (χ0) is 14.5. The first kappa shape index (κ1) is 15.6. The SMILES string of the molecule is CNC(=O)c1ccc(S(=O)(=O)NCC(C)CO)cc1. The smallest absolute Gasteiger partial charge is 0.251 e. The van der Waals surface area contributed by atoms with Gasteiger partial charge in [0.1, 0.15) is 0 Å². The summed E-state index contributed by atoms with van der Waals surface area (Å²) in [6.45, 7) is 1.81. The number of rotatable bonds is 6. The van der Waals surface area contributed by atoms with Gasteiger partial charge in [-0.05, 0) is 30.2 Å². The van der Waals surface area contributed by atoms with Crippen molar-refractivity contribution in [2.24, 2.45) is 5.92 Å². The highest BCUT2D eigenvalue weighted by Gasteiger charge is 2.15. The van der Waals surface area contributed by atoms with Gasteiger partial charge >= 0.3 is 0 Å². The number of carbonyl (C=O) groups is 1. The predicted octanol–water partition coefficient (Wildman–Crippen LogP) is -0.0471. The summed E-state index contributed by atoms with van der Waals surface area (Å²) in [7, 11) is -2.10. The average Bonchev–Trinajstić information content (AvgIpc) is 2.44. The summed E-state index contributed by atoms with van der Waals surface area (Å²) in [6.07, 6.45) is 0. The fraction of sp³-hybridized carbons (Fsp3) is 0.417. The third-order valence-corrected chi connectivity index (χ3v) is 4.03. The van der Waals surface area contributed by atoms with E-state index in [9.17, 15) is 13.2 Å². The Hall–Kier alpha value is -1.44. The molecule has 3 N–H and O–H groups in total. The lowest BCUT2D eigenvalue weighted by Gasteiger charge is -2.10. The Bertz CT molecular complexity index is 525. The highest BCUT2D eigenvalue weighted by molar-refractivity contribution is 7.89. The van der Waals surface area contributed by atoms with Crippen LogP contribution in [-0.4, -0.2) is 39.6 Å². The van der Waals surface area contributed by atoms with Crippen LogP contribution in [0.5, 0.6) is 0 Å². The molecule has 1 amide bonds. The molecule has 1 aromatic carbocycles. The van der Waals surface area contributed by atoms with E-state index in [1.807, 2.05) is 0 Å². The fourth-order valence-corrected chi connectivity index (χ4v) is 2.49. The molecular formula is C12H18N2O4S. The molecule has 0 fully saturated rings. The topological polar surface area (TPSA) is 95.5 Å². The Balaban J connectivity index is 2.82. The molecule has 0 aliphatic rings. The molecule has 19 heavy (non-hydrogen) atoms. The molecule has 106 valence electrons. The highest BCUT2D eigenvalue weighted by Crippen LogP contribution is 2.10. The van der Waals surface area contributed by atoms with Crippen LogP contribution in [-0.2, 0) is 10.0 Å². The van der Waals surface area contributed by atoms with Crippen molar-refractivity contribution in [2.75, 3.05) is 20.2 Å². The number of amides is 1. The number of carbonyl (C=O) groups excluding carboxylic acids is 1. The van der Waals surface area contributed by atoms with Gasteiger partial charge in [0.05, 0.1) is 4.90 Å². The molecule has 0 bridgehead atoms. The first-order valence-corrected chi connectivity index (χ1v) is 7.31. The molecule has 0 aliphatic carbocycles. The first-order chi connectivity index (χ1) is 8.90. The summed E-state index contributed by atoms with van der Waals surface area (Å²) in [5, 5.41) is 11.3. The Morgan fingerprint density at radius 3 is 2.37 bits per heavy atom. The van der Waals surface area contributed by atoms with Crippen LogP contribution in [0.4, 0.5) is 0 Å². The van der Waals surface area contributed by atoms with E-state index in [1.54, 1.807) is 6.92 Å². The molecule has 7 heteroatoms. The predicted molar refractivity (Wildman–Crippen MR) is 71.3 cm³/mol. The first-order valence-electron chi connectivity index (χ1n) is 5.83.